The second-order valence-corrected chi connectivity index (χ2v) is 7.43. The molecular formula is C22H26N2O2. The number of aryl methyl sites for hydroxylation is 2. The van der Waals surface area contributed by atoms with E-state index in [1.165, 1.54) is 0 Å². The quantitative estimate of drug-likeness (QED) is 0.887. The Morgan fingerprint density at radius 2 is 1.88 bits per heavy atom. The molecule has 2 aromatic rings. The zero-order valence-electron chi connectivity index (χ0n) is 15.9. The van der Waals surface area contributed by atoms with Crippen molar-refractivity contribution in [2.75, 3.05) is 16.8 Å². The summed E-state index contributed by atoms with van der Waals surface area (Å²) >= 11 is 0. The van der Waals surface area contributed by atoms with Gasteiger partial charge >= 0.3 is 0 Å². The number of anilines is 2. The summed E-state index contributed by atoms with van der Waals surface area (Å²) in [5.41, 5.74) is 5.07. The first kappa shape index (κ1) is 18.2. The first-order valence-electron chi connectivity index (χ1n) is 9.14. The third-order valence-corrected chi connectivity index (χ3v) is 4.98. The molecule has 1 aliphatic heterocycles. The molecule has 0 aromatic heterocycles. The average molecular weight is 350 g/mol. The fraction of sp³-hybridized carbons (Fsp3) is 0.364. The van der Waals surface area contributed by atoms with E-state index >= 15 is 0 Å². The van der Waals surface area contributed by atoms with Crippen molar-refractivity contribution in [2.24, 2.45) is 5.92 Å². The van der Waals surface area contributed by atoms with E-state index in [4.69, 9.17) is 0 Å². The molecule has 4 heteroatoms. The fourth-order valence-corrected chi connectivity index (χ4v) is 3.57. The molecule has 0 spiro atoms. The summed E-state index contributed by atoms with van der Waals surface area (Å²) in [5, 5.41) is 3.03. The maximum absolute atomic E-state index is 12.8. The highest BCUT2D eigenvalue weighted by Crippen LogP contribution is 2.30. The van der Waals surface area contributed by atoms with Gasteiger partial charge in [0, 0.05) is 24.3 Å². The minimum Gasteiger partial charge on any atom is -0.326 e. The van der Waals surface area contributed by atoms with Gasteiger partial charge in [-0.1, -0.05) is 49.7 Å². The number of nitrogens with zero attached hydrogens (tertiary/aromatic N) is 1. The maximum Gasteiger partial charge on any atom is 0.229 e. The smallest absolute Gasteiger partial charge is 0.229 e. The van der Waals surface area contributed by atoms with E-state index in [1.807, 2.05) is 50.2 Å². The minimum absolute atomic E-state index is 0.00856. The minimum atomic E-state index is -0.330. The highest BCUT2D eigenvalue weighted by molar-refractivity contribution is 6.04. The molecule has 1 aliphatic rings. The molecule has 4 nitrogen and oxygen atoms in total. The molecule has 1 fully saturated rings. The topological polar surface area (TPSA) is 49.4 Å². The van der Waals surface area contributed by atoms with E-state index in [2.05, 4.69) is 25.2 Å². The standard InChI is InChI=1S/C22H26N2O2/c1-14(2)18-7-5-6-8-19(18)23-22(26)17-12-21(25)24(13-17)20-10-9-15(3)11-16(20)4/h5-11,14,17H,12-13H2,1-4H3,(H,23,26). The number of benzene rings is 2. The van der Waals surface area contributed by atoms with Crippen LogP contribution >= 0.6 is 0 Å². The van der Waals surface area contributed by atoms with E-state index in [9.17, 15) is 9.59 Å². The molecular weight excluding hydrogens is 324 g/mol. The van der Waals surface area contributed by atoms with Crippen molar-refractivity contribution >= 4 is 23.2 Å². The summed E-state index contributed by atoms with van der Waals surface area (Å²) in [6, 6.07) is 13.9. The number of hydrogen-bond acceptors (Lipinski definition) is 2. The SMILES string of the molecule is Cc1ccc(N2CC(C(=O)Nc3ccccc3C(C)C)CC2=O)c(C)c1. The van der Waals surface area contributed by atoms with Gasteiger partial charge in [-0.05, 0) is 43.0 Å². The van der Waals surface area contributed by atoms with Crippen molar-refractivity contribution in [3.8, 4) is 0 Å². The van der Waals surface area contributed by atoms with Crippen LogP contribution in [-0.2, 0) is 9.59 Å². The summed E-state index contributed by atoms with van der Waals surface area (Å²) in [7, 11) is 0. The first-order valence-corrected chi connectivity index (χ1v) is 9.14. The lowest BCUT2D eigenvalue weighted by Gasteiger charge is -2.20. The fourth-order valence-electron chi connectivity index (χ4n) is 3.57. The molecule has 2 amide bonds. The molecule has 136 valence electrons. The van der Waals surface area contributed by atoms with Gasteiger partial charge in [-0.25, -0.2) is 0 Å². The molecule has 1 N–H and O–H groups in total. The van der Waals surface area contributed by atoms with E-state index < -0.39 is 0 Å². The van der Waals surface area contributed by atoms with Gasteiger partial charge in [0.15, 0.2) is 0 Å². The van der Waals surface area contributed by atoms with Gasteiger partial charge in [-0.3, -0.25) is 9.59 Å². The number of amides is 2. The van der Waals surface area contributed by atoms with Crippen molar-refractivity contribution in [2.45, 2.75) is 40.0 Å². The zero-order valence-corrected chi connectivity index (χ0v) is 15.9. The van der Waals surface area contributed by atoms with Crippen molar-refractivity contribution in [1.29, 1.82) is 0 Å². The molecule has 1 unspecified atom stereocenters. The van der Waals surface area contributed by atoms with Gasteiger partial charge in [0.2, 0.25) is 11.8 Å². The molecule has 0 radical (unpaired) electrons. The summed E-state index contributed by atoms with van der Waals surface area (Å²) < 4.78 is 0. The molecule has 3 rings (SSSR count). The van der Waals surface area contributed by atoms with Crippen LogP contribution in [0.25, 0.3) is 0 Å². The summed E-state index contributed by atoms with van der Waals surface area (Å²) in [6.07, 6.45) is 0.253. The number of hydrogen-bond donors (Lipinski definition) is 1. The van der Waals surface area contributed by atoms with Gasteiger partial charge in [0.05, 0.1) is 5.92 Å². The van der Waals surface area contributed by atoms with Crippen LogP contribution in [0, 0.1) is 19.8 Å². The Balaban J connectivity index is 1.75. The second-order valence-electron chi connectivity index (χ2n) is 7.43. The lowest BCUT2D eigenvalue weighted by atomic mass is 10.0. The van der Waals surface area contributed by atoms with Crippen LogP contribution in [0.5, 0.6) is 0 Å². The van der Waals surface area contributed by atoms with Gasteiger partial charge in [-0.15, -0.1) is 0 Å². The van der Waals surface area contributed by atoms with Crippen LogP contribution in [0.2, 0.25) is 0 Å². The maximum atomic E-state index is 12.8. The Hall–Kier alpha value is -2.62. The Morgan fingerprint density at radius 1 is 1.15 bits per heavy atom. The first-order chi connectivity index (χ1) is 12.4. The normalized spacial score (nSPS) is 17.0. The van der Waals surface area contributed by atoms with Crippen LogP contribution in [0.15, 0.2) is 42.5 Å². The van der Waals surface area contributed by atoms with Crippen LogP contribution in [0.1, 0.15) is 42.9 Å². The van der Waals surface area contributed by atoms with Crippen molar-refractivity contribution in [3.05, 3.63) is 59.2 Å². The van der Waals surface area contributed by atoms with Crippen LogP contribution in [0.3, 0.4) is 0 Å². The molecule has 0 aliphatic carbocycles. The zero-order chi connectivity index (χ0) is 18.8. The molecule has 26 heavy (non-hydrogen) atoms. The predicted molar refractivity (Wildman–Crippen MR) is 106 cm³/mol. The summed E-state index contributed by atoms with van der Waals surface area (Å²) in [6.45, 7) is 8.67. The third kappa shape index (κ3) is 3.64. The number of nitrogens with one attached hydrogen (secondary N) is 1. The number of rotatable bonds is 4. The van der Waals surface area contributed by atoms with Gasteiger partial charge in [0.1, 0.15) is 0 Å². The van der Waals surface area contributed by atoms with Crippen LogP contribution in [-0.4, -0.2) is 18.4 Å². The Labute approximate surface area is 155 Å². The van der Waals surface area contributed by atoms with E-state index in [1.54, 1.807) is 4.90 Å². The largest absolute Gasteiger partial charge is 0.326 e. The van der Waals surface area contributed by atoms with Gasteiger partial charge in [-0.2, -0.15) is 0 Å². The Bertz CT molecular complexity index is 842. The molecule has 1 atom stereocenters. The highest BCUT2D eigenvalue weighted by Gasteiger charge is 2.35. The summed E-state index contributed by atoms with van der Waals surface area (Å²) in [5.74, 6) is -0.0835. The van der Waals surface area contributed by atoms with Gasteiger partial charge < -0.3 is 10.2 Å². The van der Waals surface area contributed by atoms with E-state index in [0.29, 0.717) is 12.5 Å². The Morgan fingerprint density at radius 3 is 2.58 bits per heavy atom. The summed E-state index contributed by atoms with van der Waals surface area (Å²) in [4.78, 5) is 27.0. The number of carbonyl (C=O) groups is 2. The molecule has 1 saturated heterocycles. The lowest BCUT2D eigenvalue weighted by molar-refractivity contribution is -0.122. The highest BCUT2D eigenvalue weighted by atomic mass is 16.2. The molecule has 0 saturated carbocycles. The van der Waals surface area contributed by atoms with E-state index in [0.717, 1.165) is 28.1 Å². The second kappa shape index (κ2) is 7.32. The van der Waals surface area contributed by atoms with Gasteiger partial charge in [0.25, 0.3) is 0 Å². The van der Waals surface area contributed by atoms with Crippen molar-refractivity contribution in [3.63, 3.8) is 0 Å². The van der Waals surface area contributed by atoms with Crippen molar-refractivity contribution in [1.82, 2.24) is 0 Å². The van der Waals surface area contributed by atoms with E-state index in [-0.39, 0.29) is 24.2 Å². The molecule has 0 bridgehead atoms. The molecule has 1 heterocycles. The Kier molecular flexibility index (Phi) is 5.12. The number of para-hydroxylation sites is 1. The number of carbonyl (C=O) groups excluding carboxylic acids is 2. The van der Waals surface area contributed by atoms with Crippen LogP contribution in [0.4, 0.5) is 11.4 Å². The third-order valence-electron chi connectivity index (χ3n) is 4.98. The predicted octanol–water partition coefficient (Wildman–Crippen LogP) is 4.42. The van der Waals surface area contributed by atoms with Crippen LogP contribution < -0.4 is 10.2 Å². The lowest BCUT2D eigenvalue weighted by Crippen LogP contribution is -2.28. The van der Waals surface area contributed by atoms with Crippen molar-refractivity contribution < 1.29 is 9.59 Å². The average Bonchev–Trinajstić information content (AvgIpc) is 2.97. The molecule has 2 aromatic carbocycles. The monoisotopic (exact) mass is 350 g/mol.